The number of rotatable bonds is 9. The molecule has 4 aromatic rings. The van der Waals surface area contributed by atoms with Crippen LogP contribution in [0.4, 0.5) is 5.69 Å². The normalized spacial score (nSPS) is 11.0. The van der Waals surface area contributed by atoms with E-state index in [1.165, 1.54) is 11.8 Å². The summed E-state index contributed by atoms with van der Waals surface area (Å²) in [5.74, 6) is 1.35. The van der Waals surface area contributed by atoms with Crippen LogP contribution in [0.1, 0.15) is 22.5 Å². The average Bonchev–Trinajstić information content (AvgIpc) is 3.25. The standard InChI is InChI=1S/C26H25N5O3S/c1-18-8-13-23(19(2)14-18)28-25(33)17-35-26-30-29-24(16-34-22-6-4-3-5-7-22)31(26)27-15-20-9-11-21(32)12-10-20/h3-15,32H,16-17H2,1-2H3,(H,28,33). The molecule has 0 atom stereocenters. The van der Waals surface area contributed by atoms with Crippen molar-refractivity contribution >= 4 is 29.6 Å². The Balaban J connectivity index is 1.49. The highest BCUT2D eigenvalue weighted by Gasteiger charge is 2.15. The van der Waals surface area contributed by atoms with Gasteiger partial charge in [0.15, 0.2) is 5.82 Å². The van der Waals surface area contributed by atoms with E-state index < -0.39 is 0 Å². The zero-order chi connectivity index (χ0) is 24.6. The predicted octanol–water partition coefficient (Wildman–Crippen LogP) is 4.79. The number of phenolic OH excluding ortho intramolecular Hbond substituents is 1. The summed E-state index contributed by atoms with van der Waals surface area (Å²) in [4.78, 5) is 12.6. The van der Waals surface area contributed by atoms with Crippen molar-refractivity contribution in [2.24, 2.45) is 5.10 Å². The van der Waals surface area contributed by atoms with Gasteiger partial charge in [-0.2, -0.15) is 9.78 Å². The Kier molecular flexibility index (Phi) is 7.79. The van der Waals surface area contributed by atoms with Crippen molar-refractivity contribution in [3.8, 4) is 11.5 Å². The molecular formula is C26H25N5O3S. The number of nitrogens with one attached hydrogen (secondary N) is 1. The zero-order valence-electron chi connectivity index (χ0n) is 19.4. The van der Waals surface area contributed by atoms with Crippen molar-refractivity contribution < 1.29 is 14.6 Å². The van der Waals surface area contributed by atoms with Gasteiger partial charge in [0.2, 0.25) is 11.1 Å². The first-order valence-corrected chi connectivity index (χ1v) is 11.9. The third-order valence-electron chi connectivity index (χ3n) is 4.99. The van der Waals surface area contributed by atoms with Gasteiger partial charge in [-0.1, -0.05) is 47.7 Å². The minimum Gasteiger partial charge on any atom is -0.508 e. The molecule has 0 radical (unpaired) electrons. The van der Waals surface area contributed by atoms with E-state index in [1.807, 2.05) is 62.4 Å². The van der Waals surface area contributed by atoms with Gasteiger partial charge in [0.1, 0.15) is 18.1 Å². The average molecular weight is 488 g/mol. The molecule has 0 aliphatic heterocycles. The third-order valence-corrected chi connectivity index (χ3v) is 5.91. The molecule has 0 aliphatic rings. The Morgan fingerprint density at radius 3 is 2.60 bits per heavy atom. The molecule has 3 aromatic carbocycles. The molecule has 0 saturated heterocycles. The van der Waals surface area contributed by atoms with E-state index in [0.717, 1.165) is 22.4 Å². The van der Waals surface area contributed by atoms with Gasteiger partial charge in [-0.25, -0.2) is 0 Å². The van der Waals surface area contributed by atoms with E-state index in [4.69, 9.17) is 4.74 Å². The second-order valence-electron chi connectivity index (χ2n) is 7.80. The van der Waals surface area contributed by atoms with Crippen molar-refractivity contribution in [2.75, 3.05) is 11.1 Å². The van der Waals surface area contributed by atoms with Crippen LogP contribution in [0, 0.1) is 13.8 Å². The van der Waals surface area contributed by atoms with Crippen LogP contribution in [0.3, 0.4) is 0 Å². The molecule has 2 N–H and O–H groups in total. The number of phenols is 1. The maximum atomic E-state index is 12.6. The third kappa shape index (κ3) is 6.70. The Labute approximate surface area is 207 Å². The fraction of sp³-hybridized carbons (Fsp3) is 0.154. The topological polar surface area (TPSA) is 102 Å². The van der Waals surface area contributed by atoms with Crippen molar-refractivity contribution in [2.45, 2.75) is 25.6 Å². The number of aryl methyl sites for hydroxylation is 2. The maximum Gasteiger partial charge on any atom is 0.234 e. The summed E-state index contributed by atoms with van der Waals surface area (Å²) < 4.78 is 7.38. The van der Waals surface area contributed by atoms with E-state index in [1.54, 1.807) is 35.2 Å². The van der Waals surface area contributed by atoms with Crippen molar-refractivity contribution in [3.05, 3.63) is 95.3 Å². The summed E-state index contributed by atoms with van der Waals surface area (Å²) in [5, 5.41) is 25.9. The largest absolute Gasteiger partial charge is 0.508 e. The molecule has 9 heteroatoms. The quantitative estimate of drug-likeness (QED) is 0.260. The molecule has 0 spiro atoms. The lowest BCUT2D eigenvalue weighted by Crippen LogP contribution is -2.15. The van der Waals surface area contributed by atoms with Gasteiger partial charge in [-0.3, -0.25) is 4.79 Å². The van der Waals surface area contributed by atoms with E-state index in [9.17, 15) is 9.90 Å². The molecule has 8 nitrogen and oxygen atoms in total. The molecular weight excluding hydrogens is 462 g/mol. The summed E-state index contributed by atoms with van der Waals surface area (Å²) in [6.07, 6.45) is 1.63. The molecule has 178 valence electrons. The summed E-state index contributed by atoms with van der Waals surface area (Å²) >= 11 is 1.23. The summed E-state index contributed by atoms with van der Waals surface area (Å²) in [6, 6.07) is 21.9. The molecule has 4 rings (SSSR count). The molecule has 0 saturated carbocycles. The molecule has 0 fully saturated rings. The lowest BCUT2D eigenvalue weighted by Gasteiger charge is -2.09. The monoisotopic (exact) mass is 487 g/mol. The van der Waals surface area contributed by atoms with Gasteiger partial charge < -0.3 is 15.2 Å². The van der Waals surface area contributed by atoms with Gasteiger partial charge in [0, 0.05) is 5.69 Å². The number of thioether (sulfide) groups is 1. The van der Waals surface area contributed by atoms with Gasteiger partial charge >= 0.3 is 0 Å². The number of nitrogens with zero attached hydrogens (tertiary/aromatic N) is 4. The van der Waals surface area contributed by atoms with Crippen molar-refractivity contribution in [3.63, 3.8) is 0 Å². The SMILES string of the molecule is Cc1ccc(NC(=O)CSc2nnc(COc3ccccc3)n2N=Cc2ccc(O)cc2)c(C)c1. The second-order valence-corrected chi connectivity index (χ2v) is 8.75. The molecule has 1 aromatic heterocycles. The lowest BCUT2D eigenvalue weighted by molar-refractivity contribution is -0.113. The van der Waals surface area contributed by atoms with Crippen molar-refractivity contribution in [1.82, 2.24) is 14.9 Å². The number of para-hydroxylation sites is 1. The van der Waals surface area contributed by atoms with Gasteiger partial charge in [0.25, 0.3) is 0 Å². The number of benzene rings is 3. The molecule has 0 bridgehead atoms. The smallest absolute Gasteiger partial charge is 0.234 e. The Morgan fingerprint density at radius 2 is 1.86 bits per heavy atom. The predicted molar refractivity (Wildman–Crippen MR) is 137 cm³/mol. The van der Waals surface area contributed by atoms with Gasteiger partial charge in [0.05, 0.1) is 12.0 Å². The minimum absolute atomic E-state index is 0.139. The molecule has 1 amide bonds. The highest BCUT2D eigenvalue weighted by atomic mass is 32.2. The van der Waals surface area contributed by atoms with Gasteiger partial charge in [-0.15, -0.1) is 10.2 Å². The first-order valence-electron chi connectivity index (χ1n) is 10.9. The van der Waals surface area contributed by atoms with Crippen LogP contribution in [0.15, 0.2) is 83.1 Å². The molecule has 0 unspecified atom stereocenters. The molecule has 1 heterocycles. The number of aromatic nitrogens is 3. The maximum absolute atomic E-state index is 12.6. The van der Waals surface area contributed by atoms with Crippen LogP contribution in [0.25, 0.3) is 0 Å². The Bertz CT molecular complexity index is 1320. The Hall–Kier alpha value is -4.11. The van der Waals surface area contributed by atoms with E-state index >= 15 is 0 Å². The molecule has 0 aliphatic carbocycles. The number of ether oxygens (including phenoxy) is 1. The number of aromatic hydroxyl groups is 1. The van der Waals surface area contributed by atoms with Crippen LogP contribution in [-0.4, -0.2) is 37.9 Å². The van der Waals surface area contributed by atoms with Crippen molar-refractivity contribution in [1.29, 1.82) is 0 Å². The Morgan fingerprint density at radius 1 is 1.09 bits per heavy atom. The van der Waals surface area contributed by atoms with Crippen LogP contribution in [0.2, 0.25) is 0 Å². The summed E-state index contributed by atoms with van der Waals surface area (Å²) in [7, 11) is 0. The minimum atomic E-state index is -0.152. The fourth-order valence-electron chi connectivity index (χ4n) is 3.21. The highest BCUT2D eigenvalue weighted by Crippen LogP contribution is 2.21. The summed E-state index contributed by atoms with van der Waals surface area (Å²) in [5.41, 5.74) is 3.71. The number of hydrogen-bond acceptors (Lipinski definition) is 7. The van der Waals surface area contributed by atoms with E-state index in [0.29, 0.717) is 16.7 Å². The number of hydrogen-bond donors (Lipinski definition) is 2. The first kappa shape index (κ1) is 24.0. The van der Waals surface area contributed by atoms with E-state index in [2.05, 4.69) is 20.6 Å². The number of amides is 1. The first-order chi connectivity index (χ1) is 17.0. The zero-order valence-corrected chi connectivity index (χ0v) is 20.2. The van der Waals surface area contributed by atoms with Crippen LogP contribution in [0.5, 0.6) is 11.5 Å². The van der Waals surface area contributed by atoms with Crippen LogP contribution in [-0.2, 0) is 11.4 Å². The van der Waals surface area contributed by atoms with Crippen LogP contribution < -0.4 is 10.1 Å². The molecule has 35 heavy (non-hydrogen) atoms. The number of carbonyl (C=O) groups is 1. The number of carbonyl (C=O) groups excluding carboxylic acids is 1. The van der Waals surface area contributed by atoms with E-state index in [-0.39, 0.29) is 24.0 Å². The summed E-state index contributed by atoms with van der Waals surface area (Å²) in [6.45, 7) is 4.13. The van der Waals surface area contributed by atoms with Crippen LogP contribution >= 0.6 is 11.8 Å². The van der Waals surface area contributed by atoms with Gasteiger partial charge in [-0.05, 0) is 67.4 Å². The lowest BCUT2D eigenvalue weighted by atomic mass is 10.1. The second kappa shape index (κ2) is 11.3. The highest BCUT2D eigenvalue weighted by molar-refractivity contribution is 7.99. The fourth-order valence-corrected chi connectivity index (χ4v) is 3.92. The number of anilines is 1.